The smallest absolute Gasteiger partial charge is 0.222 e. The molecule has 1 amide bonds. The Bertz CT molecular complexity index is 735. The van der Waals surface area contributed by atoms with E-state index >= 15 is 0 Å². The van der Waals surface area contributed by atoms with Gasteiger partial charge >= 0.3 is 0 Å². The quantitative estimate of drug-likeness (QED) is 0.492. The third-order valence-corrected chi connectivity index (χ3v) is 5.24. The Hall–Kier alpha value is -1.26. The second kappa shape index (κ2) is 11.6. The van der Waals surface area contributed by atoms with Crippen molar-refractivity contribution in [3.63, 3.8) is 0 Å². The molecule has 3 nitrogen and oxygen atoms in total. The van der Waals surface area contributed by atoms with E-state index in [1.165, 1.54) is 0 Å². The van der Waals surface area contributed by atoms with Gasteiger partial charge in [-0.3, -0.25) is 4.79 Å². The van der Waals surface area contributed by atoms with Gasteiger partial charge in [0.25, 0.3) is 0 Å². The van der Waals surface area contributed by atoms with E-state index in [0.29, 0.717) is 47.5 Å². The summed E-state index contributed by atoms with van der Waals surface area (Å²) in [7, 11) is 0. The van der Waals surface area contributed by atoms with Gasteiger partial charge in [0.15, 0.2) is 0 Å². The number of halogens is 3. The lowest BCUT2D eigenvalue weighted by molar-refractivity contribution is -0.131. The van der Waals surface area contributed by atoms with E-state index < -0.39 is 0 Å². The van der Waals surface area contributed by atoms with E-state index in [4.69, 9.17) is 40.5 Å². The SMILES string of the molecule is NCCCCCC(=O)N(CCc1ccc(Cl)cc1Cl)Cc1ccc(Cl)cc1. The van der Waals surface area contributed by atoms with Crippen molar-refractivity contribution < 1.29 is 4.79 Å². The molecule has 0 aliphatic rings. The van der Waals surface area contributed by atoms with Gasteiger partial charge in [0.05, 0.1) is 0 Å². The first-order valence-electron chi connectivity index (χ1n) is 9.16. The minimum atomic E-state index is 0.145. The number of carbonyl (C=O) groups excluding carboxylic acids is 1. The molecule has 0 saturated carbocycles. The minimum absolute atomic E-state index is 0.145. The van der Waals surface area contributed by atoms with Crippen LogP contribution in [0.1, 0.15) is 36.8 Å². The summed E-state index contributed by atoms with van der Waals surface area (Å²) in [6, 6.07) is 13.1. The summed E-state index contributed by atoms with van der Waals surface area (Å²) in [5.41, 5.74) is 7.57. The molecule has 0 aliphatic heterocycles. The van der Waals surface area contributed by atoms with Crippen molar-refractivity contribution in [1.29, 1.82) is 0 Å². The summed E-state index contributed by atoms with van der Waals surface area (Å²) >= 11 is 18.2. The molecule has 27 heavy (non-hydrogen) atoms. The molecule has 0 aliphatic carbocycles. The average molecular weight is 428 g/mol. The zero-order valence-corrected chi connectivity index (χ0v) is 17.5. The highest BCUT2D eigenvalue weighted by Gasteiger charge is 2.15. The van der Waals surface area contributed by atoms with Gasteiger partial charge in [-0.05, 0) is 61.2 Å². The summed E-state index contributed by atoms with van der Waals surface area (Å²) < 4.78 is 0. The molecule has 0 heterocycles. The second-order valence-corrected chi connectivity index (χ2v) is 7.81. The fourth-order valence-electron chi connectivity index (χ4n) is 2.84. The molecule has 2 aromatic carbocycles. The maximum Gasteiger partial charge on any atom is 0.222 e. The maximum absolute atomic E-state index is 12.8. The predicted octanol–water partition coefficient (Wildman–Crippen LogP) is 5.74. The molecule has 6 heteroatoms. The van der Waals surface area contributed by atoms with Gasteiger partial charge in [-0.2, -0.15) is 0 Å². The molecule has 0 saturated heterocycles. The summed E-state index contributed by atoms with van der Waals surface area (Å²) in [6.45, 7) is 1.82. The molecule has 0 fully saturated rings. The Labute approximate surface area is 176 Å². The van der Waals surface area contributed by atoms with Crippen LogP contribution >= 0.6 is 34.8 Å². The molecular weight excluding hydrogens is 403 g/mol. The van der Waals surface area contributed by atoms with E-state index in [-0.39, 0.29) is 5.91 Å². The van der Waals surface area contributed by atoms with Gasteiger partial charge in [-0.1, -0.05) is 59.4 Å². The summed E-state index contributed by atoms with van der Waals surface area (Å²) in [5, 5.41) is 1.92. The predicted molar refractivity (Wildman–Crippen MR) is 115 cm³/mol. The van der Waals surface area contributed by atoms with Crippen molar-refractivity contribution in [1.82, 2.24) is 4.90 Å². The van der Waals surface area contributed by atoms with E-state index in [2.05, 4.69) is 0 Å². The van der Waals surface area contributed by atoms with Gasteiger partial charge in [-0.15, -0.1) is 0 Å². The van der Waals surface area contributed by atoms with Crippen LogP contribution in [0.5, 0.6) is 0 Å². The fourth-order valence-corrected chi connectivity index (χ4v) is 3.47. The Morgan fingerprint density at radius 3 is 2.30 bits per heavy atom. The van der Waals surface area contributed by atoms with Crippen LogP contribution < -0.4 is 5.73 Å². The molecule has 0 radical (unpaired) electrons. The molecule has 0 spiro atoms. The molecule has 2 aromatic rings. The van der Waals surface area contributed by atoms with Crippen molar-refractivity contribution in [2.24, 2.45) is 5.73 Å². The molecule has 146 valence electrons. The fraction of sp³-hybridized carbons (Fsp3) is 0.381. The zero-order chi connectivity index (χ0) is 19.6. The van der Waals surface area contributed by atoms with Crippen LogP contribution in [0.15, 0.2) is 42.5 Å². The van der Waals surface area contributed by atoms with Gasteiger partial charge in [0.1, 0.15) is 0 Å². The van der Waals surface area contributed by atoms with E-state index in [0.717, 1.165) is 30.4 Å². The molecule has 0 unspecified atom stereocenters. The average Bonchev–Trinajstić information content (AvgIpc) is 2.65. The lowest BCUT2D eigenvalue weighted by atomic mass is 10.1. The Kier molecular flexibility index (Phi) is 9.43. The number of unbranched alkanes of at least 4 members (excludes halogenated alkanes) is 2. The molecule has 0 aromatic heterocycles. The number of nitrogens with zero attached hydrogens (tertiary/aromatic N) is 1. The number of amides is 1. The van der Waals surface area contributed by atoms with Crippen LogP contribution in [0.4, 0.5) is 0 Å². The van der Waals surface area contributed by atoms with Crippen LogP contribution in [-0.2, 0) is 17.8 Å². The lowest BCUT2D eigenvalue weighted by Crippen LogP contribution is -2.32. The topological polar surface area (TPSA) is 46.3 Å². The first kappa shape index (κ1) is 22.0. The molecule has 2 N–H and O–H groups in total. The first-order chi connectivity index (χ1) is 13.0. The number of carbonyl (C=O) groups is 1. The van der Waals surface area contributed by atoms with Crippen molar-refractivity contribution in [3.8, 4) is 0 Å². The highest BCUT2D eigenvalue weighted by atomic mass is 35.5. The van der Waals surface area contributed by atoms with E-state index in [9.17, 15) is 4.79 Å². The number of nitrogens with two attached hydrogens (primary N) is 1. The van der Waals surface area contributed by atoms with Gasteiger partial charge in [0.2, 0.25) is 5.91 Å². The normalized spacial score (nSPS) is 10.8. The standard InChI is InChI=1S/C21H25Cl3N2O/c22-18-8-5-16(6-9-18)15-26(21(27)4-2-1-3-12-25)13-11-17-7-10-19(23)14-20(17)24/h5-10,14H,1-4,11-13,15,25H2. The Morgan fingerprint density at radius 1 is 0.926 bits per heavy atom. The zero-order valence-electron chi connectivity index (χ0n) is 15.3. The number of hydrogen-bond donors (Lipinski definition) is 1. The van der Waals surface area contributed by atoms with E-state index in [1.807, 2.05) is 41.3 Å². The Balaban J connectivity index is 2.03. The van der Waals surface area contributed by atoms with Gasteiger partial charge in [0, 0.05) is 34.6 Å². The van der Waals surface area contributed by atoms with Crippen LogP contribution in [0.2, 0.25) is 15.1 Å². The monoisotopic (exact) mass is 426 g/mol. The Morgan fingerprint density at radius 2 is 1.63 bits per heavy atom. The largest absolute Gasteiger partial charge is 0.338 e. The summed E-state index contributed by atoms with van der Waals surface area (Å²) in [4.78, 5) is 14.6. The molecular formula is C21H25Cl3N2O. The number of hydrogen-bond acceptors (Lipinski definition) is 2. The molecule has 0 atom stereocenters. The van der Waals surface area contributed by atoms with Crippen LogP contribution in [0.3, 0.4) is 0 Å². The third-order valence-electron chi connectivity index (χ3n) is 4.40. The minimum Gasteiger partial charge on any atom is -0.338 e. The third kappa shape index (κ3) is 7.71. The van der Waals surface area contributed by atoms with Crippen molar-refractivity contribution in [2.75, 3.05) is 13.1 Å². The van der Waals surface area contributed by atoms with Gasteiger partial charge in [-0.25, -0.2) is 0 Å². The number of benzene rings is 2. The van der Waals surface area contributed by atoms with Crippen molar-refractivity contribution in [3.05, 3.63) is 68.7 Å². The van der Waals surface area contributed by atoms with Crippen LogP contribution in [0.25, 0.3) is 0 Å². The summed E-state index contributed by atoms with van der Waals surface area (Å²) in [5.74, 6) is 0.145. The van der Waals surface area contributed by atoms with Crippen molar-refractivity contribution >= 4 is 40.7 Å². The second-order valence-electron chi connectivity index (χ2n) is 6.53. The number of rotatable bonds is 10. The lowest BCUT2D eigenvalue weighted by Gasteiger charge is -2.23. The maximum atomic E-state index is 12.8. The highest BCUT2D eigenvalue weighted by molar-refractivity contribution is 6.35. The van der Waals surface area contributed by atoms with Crippen LogP contribution in [-0.4, -0.2) is 23.9 Å². The highest BCUT2D eigenvalue weighted by Crippen LogP contribution is 2.22. The molecule has 2 rings (SSSR count). The van der Waals surface area contributed by atoms with E-state index in [1.54, 1.807) is 6.07 Å². The summed E-state index contributed by atoms with van der Waals surface area (Å²) in [6.07, 6.45) is 3.99. The van der Waals surface area contributed by atoms with Crippen LogP contribution in [0, 0.1) is 0 Å². The van der Waals surface area contributed by atoms with Crippen molar-refractivity contribution in [2.45, 2.75) is 38.6 Å². The molecule has 0 bridgehead atoms. The van der Waals surface area contributed by atoms with Gasteiger partial charge < -0.3 is 10.6 Å². The first-order valence-corrected chi connectivity index (χ1v) is 10.3.